The SMILES string of the molecule is COc1c(N)c(Br)cc(C(F)(F)F)c1F. The molecule has 7 heteroatoms. The number of hydrogen-bond donors (Lipinski definition) is 1. The molecule has 0 amide bonds. The van der Waals surface area contributed by atoms with Crippen LogP contribution in [0.5, 0.6) is 5.75 Å². The van der Waals surface area contributed by atoms with Gasteiger partial charge in [-0.05, 0) is 22.0 Å². The molecule has 0 bridgehead atoms. The van der Waals surface area contributed by atoms with E-state index in [0.717, 1.165) is 7.11 Å². The first-order chi connectivity index (χ1) is 6.79. The number of rotatable bonds is 1. The van der Waals surface area contributed by atoms with Gasteiger partial charge in [-0.3, -0.25) is 0 Å². The minimum absolute atomic E-state index is 0.0620. The third-order valence-corrected chi connectivity index (χ3v) is 2.37. The highest BCUT2D eigenvalue weighted by Gasteiger charge is 2.36. The third kappa shape index (κ3) is 2.17. The van der Waals surface area contributed by atoms with Crippen LogP contribution in [0, 0.1) is 5.82 Å². The number of nitrogen functional groups attached to an aromatic ring is 1. The maximum absolute atomic E-state index is 13.3. The van der Waals surface area contributed by atoms with E-state index >= 15 is 0 Å². The molecule has 0 saturated heterocycles. The van der Waals surface area contributed by atoms with Crippen molar-refractivity contribution >= 4 is 21.6 Å². The van der Waals surface area contributed by atoms with Gasteiger partial charge < -0.3 is 10.5 Å². The van der Waals surface area contributed by atoms with Gasteiger partial charge in [0, 0.05) is 4.47 Å². The molecule has 0 saturated carbocycles. The van der Waals surface area contributed by atoms with Crippen LogP contribution in [-0.4, -0.2) is 7.11 Å². The van der Waals surface area contributed by atoms with Gasteiger partial charge in [-0.15, -0.1) is 0 Å². The van der Waals surface area contributed by atoms with E-state index in [9.17, 15) is 17.6 Å². The molecule has 0 aliphatic heterocycles. The monoisotopic (exact) mass is 287 g/mol. The van der Waals surface area contributed by atoms with Gasteiger partial charge in [0.1, 0.15) is 0 Å². The lowest BCUT2D eigenvalue weighted by Gasteiger charge is -2.13. The highest BCUT2D eigenvalue weighted by molar-refractivity contribution is 9.10. The molecule has 84 valence electrons. The molecule has 1 aromatic rings. The fourth-order valence-corrected chi connectivity index (χ4v) is 1.43. The van der Waals surface area contributed by atoms with Crippen molar-refractivity contribution < 1.29 is 22.3 Å². The Balaban J connectivity index is 3.51. The normalized spacial score (nSPS) is 11.6. The summed E-state index contributed by atoms with van der Waals surface area (Å²) in [6.45, 7) is 0. The molecule has 0 aliphatic carbocycles. The van der Waals surface area contributed by atoms with Crippen LogP contribution >= 0.6 is 15.9 Å². The third-order valence-electron chi connectivity index (χ3n) is 1.72. The summed E-state index contributed by atoms with van der Waals surface area (Å²) >= 11 is 2.79. The highest BCUT2D eigenvalue weighted by Crippen LogP contribution is 2.41. The Kier molecular flexibility index (Phi) is 3.13. The van der Waals surface area contributed by atoms with Gasteiger partial charge in [0.25, 0.3) is 0 Å². The van der Waals surface area contributed by atoms with Crippen molar-refractivity contribution in [2.75, 3.05) is 12.8 Å². The van der Waals surface area contributed by atoms with E-state index in [1.54, 1.807) is 0 Å². The van der Waals surface area contributed by atoms with Gasteiger partial charge in [-0.2, -0.15) is 13.2 Å². The van der Waals surface area contributed by atoms with Crippen molar-refractivity contribution in [3.63, 3.8) is 0 Å². The number of ether oxygens (including phenoxy) is 1. The van der Waals surface area contributed by atoms with Crippen LogP contribution in [0.1, 0.15) is 5.56 Å². The van der Waals surface area contributed by atoms with Crippen molar-refractivity contribution in [2.24, 2.45) is 0 Å². The molecule has 0 unspecified atom stereocenters. The largest absolute Gasteiger partial charge is 0.492 e. The topological polar surface area (TPSA) is 35.2 Å². The van der Waals surface area contributed by atoms with Crippen LogP contribution < -0.4 is 10.5 Å². The molecule has 2 N–H and O–H groups in total. The average molecular weight is 288 g/mol. The first-order valence-corrected chi connectivity index (χ1v) is 4.47. The quantitative estimate of drug-likeness (QED) is 0.636. The lowest BCUT2D eigenvalue weighted by molar-refractivity contribution is -0.140. The summed E-state index contributed by atoms with van der Waals surface area (Å²) < 4.78 is 54.6. The van der Waals surface area contributed by atoms with Crippen LogP contribution in [0.3, 0.4) is 0 Å². The molecule has 0 fully saturated rings. The van der Waals surface area contributed by atoms with Gasteiger partial charge in [-0.25, -0.2) is 4.39 Å². The fourth-order valence-electron chi connectivity index (χ4n) is 1.02. The zero-order chi connectivity index (χ0) is 11.8. The van der Waals surface area contributed by atoms with Crippen molar-refractivity contribution in [2.45, 2.75) is 6.18 Å². The Morgan fingerprint density at radius 1 is 1.40 bits per heavy atom. The summed E-state index contributed by atoms with van der Waals surface area (Å²) in [5.74, 6) is -2.12. The van der Waals surface area contributed by atoms with E-state index in [1.165, 1.54) is 0 Å². The lowest BCUT2D eigenvalue weighted by Crippen LogP contribution is -2.10. The molecule has 2 nitrogen and oxygen atoms in total. The zero-order valence-electron chi connectivity index (χ0n) is 7.45. The Labute approximate surface area is 91.1 Å². The van der Waals surface area contributed by atoms with Crippen LogP contribution in [-0.2, 0) is 6.18 Å². The molecule has 15 heavy (non-hydrogen) atoms. The lowest BCUT2D eigenvalue weighted by atomic mass is 10.1. The highest BCUT2D eigenvalue weighted by atomic mass is 79.9. The zero-order valence-corrected chi connectivity index (χ0v) is 9.04. The molecule has 0 heterocycles. The first kappa shape index (κ1) is 12.1. The summed E-state index contributed by atoms with van der Waals surface area (Å²) in [5.41, 5.74) is 3.71. The molecule has 0 aliphatic rings. The molecule has 0 radical (unpaired) electrons. The number of alkyl halides is 3. The Hall–Kier alpha value is -0.980. The number of anilines is 1. The van der Waals surface area contributed by atoms with Gasteiger partial charge in [0.2, 0.25) is 0 Å². The molecule has 0 aromatic heterocycles. The number of nitrogens with two attached hydrogens (primary N) is 1. The number of methoxy groups -OCH3 is 1. The van der Waals surface area contributed by atoms with Crippen molar-refractivity contribution in [1.82, 2.24) is 0 Å². The minimum atomic E-state index is -4.78. The molecular weight excluding hydrogens is 282 g/mol. The van der Waals surface area contributed by atoms with Gasteiger partial charge in [-0.1, -0.05) is 0 Å². The summed E-state index contributed by atoms with van der Waals surface area (Å²) in [7, 11) is 1.04. The van der Waals surface area contributed by atoms with Gasteiger partial charge in [0.15, 0.2) is 11.6 Å². The summed E-state index contributed by atoms with van der Waals surface area (Å²) in [4.78, 5) is 0. The van der Waals surface area contributed by atoms with Gasteiger partial charge >= 0.3 is 6.18 Å². The van der Waals surface area contributed by atoms with Crippen LogP contribution in [0.4, 0.5) is 23.2 Å². The van der Waals surface area contributed by atoms with Gasteiger partial charge in [0.05, 0.1) is 18.4 Å². The second-order valence-electron chi connectivity index (χ2n) is 2.66. The Bertz CT molecular complexity index is 391. The molecular formula is C8H6BrF4NO. The molecule has 1 aromatic carbocycles. The second kappa shape index (κ2) is 3.88. The van der Waals surface area contributed by atoms with Crippen molar-refractivity contribution in [3.05, 3.63) is 21.9 Å². The van der Waals surface area contributed by atoms with E-state index in [0.29, 0.717) is 6.07 Å². The predicted molar refractivity (Wildman–Crippen MR) is 50.1 cm³/mol. The van der Waals surface area contributed by atoms with Crippen LogP contribution in [0.25, 0.3) is 0 Å². The fraction of sp³-hybridized carbons (Fsp3) is 0.250. The summed E-state index contributed by atoms with van der Waals surface area (Å²) in [6, 6.07) is 0.577. The van der Waals surface area contributed by atoms with Crippen molar-refractivity contribution in [1.29, 1.82) is 0 Å². The minimum Gasteiger partial charge on any atom is -0.492 e. The number of halogens is 5. The molecule has 0 spiro atoms. The Morgan fingerprint density at radius 2 is 1.93 bits per heavy atom. The molecule has 0 atom stereocenters. The molecule has 1 rings (SSSR count). The summed E-state index contributed by atoms with van der Waals surface area (Å²) in [6.07, 6.45) is -4.78. The average Bonchev–Trinajstić information content (AvgIpc) is 2.10. The van der Waals surface area contributed by atoms with E-state index < -0.39 is 23.3 Å². The second-order valence-corrected chi connectivity index (χ2v) is 3.52. The van der Waals surface area contributed by atoms with E-state index in [2.05, 4.69) is 20.7 Å². The summed E-state index contributed by atoms with van der Waals surface area (Å²) in [5, 5.41) is 0. The van der Waals surface area contributed by atoms with E-state index in [1.807, 2.05) is 0 Å². The van der Waals surface area contributed by atoms with Crippen LogP contribution in [0.2, 0.25) is 0 Å². The standard InChI is InChI=1S/C8H6BrF4NO/c1-15-7-5(10)3(8(11,12)13)2-4(9)6(7)14/h2H,14H2,1H3. The maximum Gasteiger partial charge on any atom is 0.419 e. The van der Waals surface area contributed by atoms with E-state index in [-0.39, 0.29) is 10.2 Å². The van der Waals surface area contributed by atoms with Crippen LogP contribution in [0.15, 0.2) is 10.5 Å². The predicted octanol–water partition coefficient (Wildman–Crippen LogP) is 3.20. The number of hydrogen-bond acceptors (Lipinski definition) is 2. The number of benzene rings is 1. The first-order valence-electron chi connectivity index (χ1n) is 3.67. The van der Waals surface area contributed by atoms with Crippen molar-refractivity contribution in [3.8, 4) is 5.75 Å². The maximum atomic E-state index is 13.3. The van der Waals surface area contributed by atoms with E-state index in [4.69, 9.17) is 5.73 Å². The smallest absolute Gasteiger partial charge is 0.419 e. The Morgan fingerprint density at radius 3 is 2.33 bits per heavy atom.